The van der Waals surface area contributed by atoms with Crippen molar-refractivity contribution in [2.45, 2.75) is 5.37 Å². The number of carbonyl (C=O) groups is 1. The summed E-state index contributed by atoms with van der Waals surface area (Å²) in [6.07, 6.45) is 0. The van der Waals surface area contributed by atoms with Crippen molar-refractivity contribution < 1.29 is 14.3 Å². The van der Waals surface area contributed by atoms with Gasteiger partial charge >= 0.3 is 6.03 Å². The molecule has 1 atom stereocenters. The number of nitriles is 1. The molecule has 1 N–H and O–H groups in total. The van der Waals surface area contributed by atoms with E-state index in [1.165, 1.54) is 0 Å². The first kappa shape index (κ1) is 16.6. The van der Waals surface area contributed by atoms with Crippen LogP contribution in [0, 0.1) is 11.3 Å². The van der Waals surface area contributed by atoms with Crippen LogP contribution < -0.4 is 14.8 Å². The van der Waals surface area contributed by atoms with E-state index < -0.39 is 0 Å². The Kier molecular flexibility index (Phi) is 4.59. The number of nitrogens with one attached hydrogen (secondary N) is 1. The van der Waals surface area contributed by atoms with Gasteiger partial charge in [0, 0.05) is 18.0 Å². The van der Waals surface area contributed by atoms with Crippen molar-refractivity contribution in [1.29, 1.82) is 5.26 Å². The van der Waals surface area contributed by atoms with Gasteiger partial charge in [-0.05, 0) is 42.0 Å². The van der Waals surface area contributed by atoms with Crippen LogP contribution in [0.3, 0.4) is 0 Å². The molecule has 2 heterocycles. The van der Waals surface area contributed by atoms with Gasteiger partial charge in [0.15, 0.2) is 11.5 Å². The second-order valence-electron chi connectivity index (χ2n) is 5.94. The predicted octanol–water partition coefficient (Wildman–Crippen LogP) is 3.61. The Labute approximate surface area is 155 Å². The van der Waals surface area contributed by atoms with Gasteiger partial charge in [0.05, 0.1) is 11.6 Å². The normalized spacial score (nSPS) is 18.3. The Morgan fingerprint density at radius 2 is 1.92 bits per heavy atom. The minimum absolute atomic E-state index is 0.0655. The molecule has 1 fully saturated rings. The van der Waals surface area contributed by atoms with Crippen molar-refractivity contribution >= 4 is 23.5 Å². The maximum atomic E-state index is 12.7. The molecule has 0 saturated carbocycles. The highest BCUT2D eigenvalue weighted by Crippen LogP contribution is 2.41. The average molecular weight is 367 g/mol. The lowest BCUT2D eigenvalue weighted by Gasteiger charge is -2.26. The summed E-state index contributed by atoms with van der Waals surface area (Å²) in [5.74, 6) is 2.35. The first-order valence-corrected chi connectivity index (χ1v) is 9.38. The number of carbonyl (C=O) groups excluding carboxylic acids is 1. The summed E-state index contributed by atoms with van der Waals surface area (Å²) < 4.78 is 11.2. The van der Waals surface area contributed by atoms with Gasteiger partial charge in [-0.25, -0.2) is 4.79 Å². The summed E-state index contributed by atoms with van der Waals surface area (Å²) in [7, 11) is 0. The average Bonchev–Trinajstić information content (AvgIpc) is 3.18. The molecule has 7 heteroatoms. The molecule has 0 bridgehead atoms. The van der Waals surface area contributed by atoms with Gasteiger partial charge in [0.25, 0.3) is 0 Å². The number of anilines is 1. The summed E-state index contributed by atoms with van der Waals surface area (Å²) in [4.78, 5) is 14.5. The molecule has 2 amide bonds. The standard InChI is InChI=1S/C19H17N3O3S/c20-12-13-1-4-15(5-2-13)21-19(23)22-7-10-26-18(22)14-3-6-16-17(11-14)25-9-8-24-16/h1-6,11,18H,7-10H2,(H,21,23). The highest BCUT2D eigenvalue weighted by Gasteiger charge is 2.31. The van der Waals surface area contributed by atoms with Crippen LogP contribution in [0.5, 0.6) is 11.5 Å². The molecule has 2 aromatic rings. The maximum Gasteiger partial charge on any atom is 0.323 e. The van der Waals surface area contributed by atoms with Crippen LogP contribution >= 0.6 is 11.8 Å². The highest BCUT2D eigenvalue weighted by atomic mass is 32.2. The number of hydrogen-bond acceptors (Lipinski definition) is 5. The molecule has 26 heavy (non-hydrogen) atoms. The quantitative estimate of drug-likeness (QED) is 0.878. The van der Waals surface area contributed by atoms with E-state index in [0.717, 1.165) is 22.8 Å². The second kappa shape index (κ2) is 7.18. The van der Waals surface area contributed by atoms with Gasteiger partial charge in [-0.15, -0.1) is 11.8 Å². The zero-order valence-corrected chi connectivity index (χ0v) is 14.8. The third kappa shape index (κ3) is 3.28. The van der Waals surface area contributed by atoms with Crippen LogP contribution in [0.1, 0.15) is 16.5 Å². The monoisotopic (exact) mass is 367 g/mol. The highest BCUT2D eigenvalue weighted by molar-refractivity contribution is 7.99. The first-order valence-electron chi connectivity index (χ1n) is 8.33. The van der Waals surface area contributed by atoms with Crippen molar-refractivity contribution in [3.8, 4) is 17.6 Å². The summed E-state index contributed by atoms with van der Waals surface area (Å²) in [6, 6.07) is 14.6. The Balaban J connectivity index is 1.50. The van der Waals surface area contributed by atoms with Crippen LogP contribution in [0.15, 0.2) is 42.5 Å². The number of urea groups is 1. The summed E-state index contributed by atoms with van der Waals surface area (Å²) in [5, 5.41) is 11.7. The Bertz CT molecular complexity index is 863. The van der Waals surface area contributed by atoms with Gasteiger partial charge in [0.1, 0.15) is 18.6 Å². The molecule has 4 rings (SSSR count). The summed E-state index contributed by atoms with van der Waals surface area (Å²) >= 11 is 1.72. The van der Waals surface area contributed by atoms with Gasteiger partial charge in [-0.1, -0.05) is 6.07 Å². The van der Waals surface area contributed by atoms with Crippen molar-refractivity contribution in [1.82, 2.24) is 4.90 Å². The van der Waals surface area contributed by atoms with E-state index in [1.807, 2.05) is 23.1 Å². The zero-order chi connectivity index (χ0) is 17.9. The number of ether oxygens (including phenoxy) is 2. The maximum absolute atomic E-state index is 12.7. The van der Waals surface area contributed by atoms with Crippen LogP contribution in [0.25, 0.3) is 0 Å². The lowest BCUT2D eigenvalue weighted by molar-refractivity contribution is 0.171. The summed E-state index contributed by atoms with van der Waals surface area (Å²) in [6.45, 7) is 1.77. The smallest absolute Gasteiger partial charge is 0.323 e. The molecule has 6 nitrogen and oxygen atoms in total. The minimum Gasteiger partial charge on any atom is -0.486 e. The topological polar surface area (TPSA) is 74.6 Å². The van der Waals surface area contributed by atoms with E-state index in [2.05, 4.69) is 11.4 Å². The fourth-order valence-electron chi connectivity index (χ4n) is 2.99. The van der Waals surface area contributed by atoms with E-state index >= 15 is 0 Å². The Morgan fingerprint density at radius 3 is 2.69 bits per heavy atom. The zero-order valence-electron chi connectivity index (χ0n) is 14.0. The van der Waals surface area contributed by atoms with Crippen molar-refractivity contribution in [3.63, 3.8) is 0 Å². The number of amides is 2. The van der Waals surface area contributed by atoms with E-state index in [4.69, 9.17) is 14.7 Å². The van der Waals surface area contributed by atoms with Crippen LogP contribution in [0.2, 0.25) is 0 Å². The molecule has 0 radical (unpaired) electrons. The number of thioether (sulfide) groups is 1. The molecule has 2 aromatic carbocycles. The van der Waals surface area contributed by atoms with Crippen LogP contribution in [-0.4, -0.2) is 36.4 Å². The SMILES string of the molecule is N#Cc1ccc(NC(=O)N2CCSC2c2ccc3c(c2)OCCO3)cc1. The summed E-state index contributed by atoms with van der Waals surface area (Å²) in [5.41, 5.74) is 2.26. The first-order chi connectivity index (χ1) is 12.7. The van der Waals surface area contributed by atoms with E-state index in [9.17, 15) is 4.79 Å². The molecule has 2 aliphatic rings. The molecular formula is C19H17N3O3S. The predicted molar refractivity (Wildman–Crippen MR) is 99.5 cm³/mol. The molecule has 2 aliphatic heterocycles. The second-order valence-corrected chi connectivity index (χ2v) is 7.13. The van der Waals surface area contributed by atoms with Crippen molar-refractivity contribution in [2.24, 2.45) is 0 Å². The van der Waals surface area contributed by atoms with E-state index in [-0.39, 0.29) is 11.4 Å². The lowest BCUT2D eigenvalue weighted by atomic mass is 10.1. The Morgan fingerprint density at radius 1 is 1.15 bits per heavy atom. The van der Waals surface area contributed by atoms with Crippen molar-refractivity contribution in [3.05, 3.63) is 53.6 Å². The van der Waals surface area contributed by atoms with Gasteiger partial charge < -0.3 is 19.7 Å². The minimum atomic E-state index is -0.153. The molecule has 132 valence electrons. The number of fused-ring (bicyclic) bond motifs is 1. The molecule has 0 spiro atoms. The van der Waals surface area contributed by atoms with Crippen molar-refractivity contribution in [2.75, 3.05) is 30.8 Å². The van der Waals surface area contributed by atoms with Gasteiger partial charge in [-0.2, -0.15) is 5.26 Å². The molecule has 1 unspecified atom stereocenters. The van der Waals surface area contributed by atoms with Crippen LogP contribution in [0.4, 0.5) is 10.5 Å². The molecule has 1 saturated heterocycles. The Hall–Kier alpha value is -2.85. The largest absolute Gasteiger partial charge is 0.486 e. The van der Waals surface area contributed by atoms with Gasteiger partial charge in [0.2, 0.25) is 0 Å². The molecule has 0 aromatic heterocycles. The number of hydrogen-bond donors (Lipinski definition) is 1. The lowest BCUT2D eigenvalue weighted by Crippen LogP contribution is -2.34. The van der Waals surface area contributed by atoms with E-state index in [0.29, 0.717) is 31.0 Å². The van der Waals surface area contributed by atoms with Crippen LogP contribution in [-0.2, 0) is 0 Å². The third-order valence-corrected chi connectivity index (χ3v) is 5.53. The number of nitrogens with zero attached hydrogens (tertiary/aromatic N) is 2. The van der Waals surface area contributed by atoms with Gasteiger partial charge in [-0.3, -0.25) is 0 Å². The van der Waals surface area contributed by atoms with E-state index in [1.54, 1.807) is 36.0 Å². The number of rotatable bonds is 2. The third-order valence-electron chi connectivity index (χ3n) is 4.27. The number of benzene rings is 2. The fourth-order valence-corrected chi connectivity index (χ4v) is 4.24. The molecule has 0 aliphatic carbocycles. The fraction of sp³-hybridized carbons (Fsp3) is 0.263. The molecular weight excluding hydrogens is 350 g/mol.